The fourth-order valence-corrected chi connectivity index (χ4v) is 0. The van der Waals surface area contributed by atoms with Crippen LogP contribution in [0, 0.1) is 0 Å². The zero-order valence-electron chi connectivity index (χ0n) is 6.72. The van der Waals surface area contributed by atoms with Crippen LogP contribution < -0.4 is 103 Å². The number of rotatable bonds is 0. The van der Waals surface area contributed by atoms with Gasteiger partial charge in [0.15, 0.2) is 6.67 Å². The van der Waals surface area contributed by atoms with E-state index in [-0.39, 0.29) is 106 Å². The van der Waals surface area contributed by atoms with E-state index in [1.54, 1.807) is 0 Å². The molecule has 0 nitrogen and oxygen atoms in total. The summed E-state index contributed by atoms with van der Waals surface area (Å²) in [6.07, 6.45) is -4.62. The molecular formula is C2H4F4K2. The Labute approximate surface area is 133 Å². The molecule has 0 radical (unpaired) electrons. The third-order valence-corrected chi connectivity index (χ3v) is 0.152. The van der Waals surface area contributed by atoms with E-state index >= 15 is 0 Å². The van der Waals surface area contributed by atoms with Gasteiger partial charge in [0.2, 0.25) is 0 Å². The van der Waals surface area contributed by atoms with E-state index in [1.807, 2.05) is 0 Å². The molecule has 0 aliphatic rings. The molecule has 0 saturated carbocycles. The summed E-state index contributed by atoms with van der Waals surface area (Å²) in [5.74, 6) is 0. The van der Waals surface area contributed by atoms with Crippen LogP contribution in [0.25, 0.3) is 0 Å². The smallest absolute Gasteiger partial charge is 1.00 e. The minimum atomic E-state index is -4.62. The molecule has 0 aromatic carbocycles. The van der Waals surface area contributed by atoms with Crippen LogP contribution >= 0.6 is 0 Å². The second-order valence-electron chi connectivity index (χ2n) is 0.749. The molecule has 8 heavy (non-hydrogen) atoms. The summed E-state index contributed by atoms with van der Waals surface area (Å²) < 4.78 is 41.6. The topological polar surface area (TPSA) is 0 Å². The number of halogens is 4. The molecule has 0 atom stereocenters. The van der Waals surface area contributed by atoms with Crippen LogP contribution in [0.5, 0.6) is 0 Å². The molecule has 0 aromatic heterocycles. The average molecular weight is 182 g/mol. The molecule has 42 valence electrons. The molecule has 0 aliphatic heterocycles. The summed E-state index contributed by atoms with van der Waals surface area (Å²) in [6, 6.07) is 0. The predicted octanol–water partition coefficient (Wildman–Crippen LogP) is -4.25. The van der Waals surface area contributed by atoms with E-state index in [1.165, 1.54) is 0 Å². The van der Waals surface area contributed by atoms with Crippen LogP contribution in [0.1, 0.15) is 2.85 Å². The number of hydrogen-bond acceptors (Lipinski definition) is 0. The van der Waals surface area contributed by atoms with E-state index in [4.69, 9.17) is 0 Å². The van der Waals surface area contributed by atoms with E-state index in [0.29, 0.717) is 0 Å². The minimum Gasteiger partial charge on any atom is -1.00 e. The Balaban J connectivity index is -0.0000000208. The number of hydrogen-bond donors (Lipinski definition) is 0. The Hall–Kier alpha value is 2.99. The third kappa shape index (κ3) is 16.0. The van der Waals surface area contributed by atoms with Crippen LogP contribution in [0.15, 0.2) is 0 Å². The molecule has 0 unspecified atom stereocenters. The SMILES string of the molecule is FCC(F)(F)F.[H-].[H-].[K+].[K+]. The zero-order chi connectivity index (χ0) is 5.21. The van der Waals surface area contributed by atoms with Gasteiger partial charge in [0.25, 0.3) is 0 Å². The van der Waals surface area contributed by atoms with Gasteiger partial charge in [-0.1, -0.05) is 0 Å². The quantitative estimate of drug-likeness (QED) is 0.263. The molecule has 0 heterocycles. The first-order chi connectivity index (χ1) is 2.56. The van der Waals surface area contributed by atoms with Crippen LogP contribution in [-0.4, -0.2) is 12.9 Å². The maximum Gasteiger partial charge on any atom is 1.00 e. The first-order valence-electron chi connectivity index (χ1n) is 1.19. The second kappa shape index (κ2) is 8.09. The monoisotopic (exact) mass is 182 g/mol. The van der Waals surface area contributed by atoms with Gasteiger partial charge in [-0.15, -0.1) is 0 Å². The Bertz CT molecular complexity index is 49.0. The zero-order valence-corrected chi connectivity index (χ0v) is 11.0. The van der Waals surface area contributed by atoms with E-state index in [9.17, 15) is 17.6 Å². The summed E-state index contributed by atoms with van der Waals surface area (Å²) >= 11 is 0. The molecule has 0 N–H and O–H groups in total. The Morgan fingerprint density at radius 1 is 1.12 bits per heavy atom. The summed E-state index contributed by atoms with van der Waals surface area (Å²) in [4.78, 5) is 0. The van der Waals surface area contributed by atoms with Crippen LogP contribution in [0.2, 0.25) is 0 Å². The molecular weight excluding hydrogens is 178 g/mol. The van der Waals surface area contributed by atoms with Gasteiger partial charge in [-0.3, -0.25) is 0 Å². The first-order valence-corrected chi connectivity index (χ1v) is 1.19. The van der Waals surface area contributed by atoms with Gasteiger partial charge in [-0.2, -0.15) is 13.2 Å². The maximum absolute atomic E-state index is 10.4. The van der Waals surface area contributed by atoms with Gasteiger partial charge in [-0.25, -0.2) is 4.39 Å². The number of alkyl halides is 4. The van der Waals surface area contributed by atoms with E-state index < -0.39 is 12.9 Å². The maximum atomic E-state index is 10.4. The van der Waals surface area contributed by atoms with E-state index in [2.05, 4.69) is 0 Å². The van der Waals surface area contributed by atoms with Gasteiger partial charge in [0.1, 0.15) is 0 Å². The predicted molar refractivity (Wildman–Crippen MR) is 14.3 cm³/mol. The Morgan fingerprint density at radius 3 is 1.25 bits per heavy atom. The van der Waals surface area contributed by atoms with Crippen molar-refractivity contribution in [2.75, 3.05) is 6.67 Å². The van der Waals surface area contributed by atoms with Crippen molar-refractivity contribution < 1.29 is 123 Å². The molecule has 6 heteroatoms. The van der Waals surface area contributed by atoms with Gasteiger partial charge in [0.05, 0.1) is 0 Å². The molecule has 0 rings (SSSR count). The van der Waals surface area contributed by atoms with E-state index in [0.717, 1.165) is 0 Å². The first kappa shape index (κ1) is 17.2. The Kier molecular flexibility index (Phi) is 17.4. The average Bonchev–Trinajstić information content (AvgIpc) is 1.35. The third-order valence-electron chi connectivity index (χ3n) is 0.152. The van der Waals surface area contributed by atoms with Gasteiger partial charge >= 0.3 is 109 Å². The summed E-state index contributed by atoms with van der Waals surface area (Å²) in [6.45, 7) is -2.23. The fourth-order valence-electron chi connectivity index (χ4n) is 0. The van der Waals surface area contributed by atoms with Gasteiger partial charge in [-0.05, 0) is 0 Å². The van der Waals surface area contributed by atoms with Crippen molar-refractivity contribution in [1.82, 2.24) is 0 Å². The summed E-state index contributed by atoms with van der Waals surface area (Å²) in [5.41, 5.74) is 0. The molecule has 0 bridgehead atoms. The van der Waals surface area contributed by atoms with Crippen molar-refractivity contribution in [3.8, 4) is 0 Å². The van der Waals surface area contributed by atoms with Crippen LogP contribution in [-0.2, 0) is 0 Å². The minimum absolute atomic E-state index is 0. The normalized spacial score (nSPS) is 9.00. The summed E-state index contributed by atoms with van der Waals surface area (Å²) in [5, 5.41) is 0. The van der Waals surface area contributed by atoms with Crippen molar-refractivity contribution in [3.63, 3.8) is 0 Å². The Morgan fingerprint density at radius 2 is 1.25 bits per heavy atom. The van der Waals surface area contributed by atoms with Crippen LogP contribution in [0.4, 0.5) is 17.6 Å². The van der Waals surface area contributed by atoms with Crippen LogP contribution in [0.3, 0.4) is 0 Å². The van der Waals surface area contributed by atoms with Crippen molar-refractivity contribution in [2.24, 2.45) is 0 Å². The second-order valence-corrected chi connectivity index (χ2v) is 0.749. The molecule has 0 fully saturated rings. The molecule has 0 spiro atoms. The molecule has 0 amide bonds. The van der Waals surface area contributed by atoms with Crippen molar-refractivity contribution in [1.29, 1.82) is 0 Å². The molecule has 0 saturated heterocycles. The van der Waals surface area contributed by atoms with Gasteiger partial charge < -0.3 is 2.85 Å². The van der Waals surface area contributed by atoms with Crippen molar-refractivity contribution >= 4 is 0 Å². The standard InChI is InChI=1S/C2H2F4.2K.2H/c3-1-2(4,5)6;;;;/h1H2;;;;/q;2*+1;2*-1. The van der Waals surface area contributed by atoms with Gasteiger partial charge in [0, 0.05) is 0 Å². The fraction of sp³-hybridized carbons (Fsp3) is 1.00. The molecule has 0 aliphatic carbocycles. The van der Waals surface area contributed by atoms with Crippen molar-refractivity contribution in [3.05, 3.63) is 0 Å². The largest absolute Gasteiger partial charge is 1.00 e. The summed E-state index contributed by atoms with van der Waals surface area (Å²) in [7, 11) is 0. The molecule has 0 aromatic rings. The van der Waals surface area contributed by atoms with Crippen molar-refractivity contribution in [2.45, 2.75) is 6.18 Å².